The number of hydrogen-bond acceptors (Lipinski definition) is 5. The molecule has 0 aliphatic carbocycles. The maximum Gasteiger partial charge on any atom is 0.330 e. The lowest BCUT2D eigenvalue weighted by atomic mass is 10.1. The fraction of sp³-hybridized carbons (Fsp3) is 0. The Kier molecular flexibility index (Phi) is 6.04. The predicted octanol–water partition coefficient (Wildman–Crippen LogP) is 2.89. The van der Waals surface area contributed by atoms with Crippen LogP contribution in [-0.4, -0.2) is 25.4 Å². The SMILES string of the molecule is O=C(O)/C=C(\NC(=O)c1ccc(N=S(=O)=O)cc1)c1ccc(Cl)cc1. The second kappa shape index (κ2) is 8.22. The highest BCUT2D eigenvalue weighted by Crippen LogP contribution is 2.17. The standard InChI is InChI=1S/C16H11ClN2O5S/c17-12-5-1-10(2-6-12)14(9-15(20)21)18-16(22)11-3-7-13(8-4-11)19-25(23)24/h1-9H,(H,18,22)(H,20,21)/b14-9-. The maximum atomic E-state index is 12.3. The van der Waals surface area contributed by atoms with Gasteiger partial charge in [0.25, 0.3) is 5.91 Å². The Labute approximate surface area is 149 Å². The smallest absolute Gasteiger partial charge is 0.330 e. The Bertz CT molecular complexity index is 957. The molecule has 0 atom stereocenters. The molecule has 0 saturated heterocycles. The van der Waals surface area contributed by atoms with Crippen molar-refractivity contribution in [3.05, 3.63) is 70.8 Å². The van der Waals surface area contributed by atoms with Gasteiger partial charge in [0, 0.05) is 16.7 Å². The lowest BCUT2D eigenvalue weighted by Crippen LogP contribution is -2.22. The minimum Gasteiger partial charge on any atom is -0.478 e. The first-order valence-electron chi connectivity index (χ1n) is 6.78. The van der Waals surface area contributed by atoms with Gasteiger partial charge in [-0.25, -0.2) is 4.79 Å². The van der Waals surface area contributed by atoms with Crippen LogP contribution in [0.15, 0.2) is 59.0 Å². The Morgan fingerprint density at radius 2 is 1.56 bits per heavy atom. The summed E-state index contributed by atoms with van der Waals surface area (Å²) in [6, 6.07) is 11.7. The number of hydrogen-bond donors (Lipinski definition) is 2. The molecule has 9 heteroatoms. The van der Waals surface area contributed by atoms with Crippen molar-refractivity contribution >= 4 is 45.4 Å². The van der Waals surface area contributed by atoms with Gasteiger partial charge in [0.1, 0.15) is 0 Å². The highest BCUT2D eigenvalue weighted by molar-refractivity contribution is 7.61. The zero-order valence-corrected chi connectivity index (χ0v) is 14.1. The molecule has 25 heavy (non-hydrogen) atoms. The van der Waals surface area contributed by atoms with Crippen molar-refractivity contribution in [1.29, 1.82) is 0 Å². The molecule has 0 saturated carbocycles. The molecule has 0 aliphatic rings. The average Bonchev–Trinajstić information content (AvgIpc) is 2.54. The van der Waals surface area contributed by atoms with Crippen LogP contribution in [0.4, 0.5) is 5.69 Å². The quantitative estimate of drug-likeness (QED) is 0.776. The molecule has 0 bridgehead atoms. The molecule has 0 radical (unpaired) electrons. The largest absolute Gasteiger partial charge is 0.478 e. The molecule has 0 spiro atoms. The van der Waals surface area contributed by atoms with E-state index in [2.05, 4.69) is 9.68 Å². The van der Waals surface area contributed by atoms with Crippen LogP contribution in [-0.2, 0) is 15.3 Å². The van der Waals surface area contributed by atoms with Crippen molar-refractivity contribution in [2.75, 3.05) is 0 Å². The second-order valence-electron chi connectivity index (χ2n) is 4.71. The third kappa shape index (κ3) is 5.55. The molecule has 1 amide bonds. The summed E-state index contributed by atoms with van der Waals surface area (Å²) in [5.41, 5.74) is 0.932. The number of rotatable bonds is 5. The van der Waals surface area contributed by atoms with Gasteiger partial charge in [0.2, 0.25) is 0 Å². The van der Waals surface area contributed by atoms with E-state index >= 15 is 0 Å². The van der Waals surface area contributed by atoms with Crippen molar-refractivity contribution in [3.8, 4) is 0 Å². The first-order chi connectivity index (χ1) is 11.8. The third-order valence-corrected chi connectivity index (χ3v) is 3.59. The second-order valence-corrected chi connectivity index (χ2v) is 5.77. The van der Waals surface area contributed by atoms with Gasteiger partial charge in [-0.1, -0.05) is 23.7 Å². The summed E-state index contributed by atoms with van der Waals surface area (Å²) >= 11 is 5.80. The number of halogens is 1. The molecule has 2 N–H and O–H groups in total. The van der Waals surface area contributed by atoms with E-state index in [0.29, 0.717) is 10.6 Å². The van der Waals surface area contributed by atoms with E-state index in [1.54, 1.807) is 24.3 Å². The number of amides is 1. The third-order valence-electron chi connectivity index (χ3n) is 2.98. The van der Waals surface area contributed by atoms with E-state index in [1.165, 1.54) is 24.3 Å². The summed E-state index contributed by atoms with van der Waals surface area (Å²) in [6.07, 6.45) is 0.866. The predicted molar refractivity (Wildman–Crippen MR) is 92.0 cm³/mol. The van der Waals surface area contributed by atoms with Gasteiger partial charge in [0.15, 0.2) is 0 Å². The number of carboxylic acid groups (broad SMARTS) is 1. The van der Waals surface area contributed by atoms with Gasteiger partial charge in [-0.05, 0) is 42.0 Å². The topological polar surface area (TPSA) is 113 Å². The summed E-state index contributed by atoms with van der Waals surface area (Å²) in [5.74, 6) is -1.78. The number of carbonyl (C=O) groups excluding carboxylic acids is 1. The number of nitrogens with zero attached hydrogens (tertiary/aromatic N) is 1. The summed E-state index contributed by atoms with van der Waals surface area (Å²) in [4.78, 5) is 23.3. The maximum absolute atomic E-state index is 12.3. The summed E-state index contributed by atoms with van der Waals surface area (Å²) in [7, 11) is -2.59. The molecule has 2 aromatic carbocycles. The number of benzene rings is 2. The molecular formula is C16H11ClN2O5S. The first kappa shape index (κ1) is 18.4. The molecular weight excluding hydrogens is 368 g/mol. The Balaban J connectivity index is 2.26. The van der Waals surface area contributed by atoms with E-state index in [1.807, 2.05) is 0 Å². The average molecular weight is 379 g/mol. The zero-order valence-electron chi connectivity index (χ0n) is 12.5. The van der Waals surface area contributed by atoms with Gasteiger partial charge in [-0.3, -0.25) is 4.79 Å². The van der Waals surface area contributed by atoms with Gasteiger partial charge in [-0.2, -0.15) is 8.42 Å². The lowest BCUT2D eigenvalue weighted by molar-refractivity contribution is -0.131. The minimum atomic E-state index is -2.59. The van der Waals surface area contributed by atoms with Crippen LogP contribution < -0.4 is 5.32 Å². The van der Waals surface area contributed by atoms with Gasteiger partial charge < -0.3 is 10.4 Å². The van der Waals surface area contributed by atoms with Crippen molar-refractivity contribution in [2.45, 2.75) is 0 Å². The highest BCUT2D eigenvalue weighted by atomic mass is 35.5. The van der Waals surface area contributed by atoms with Gasteiger partial charge in [0.05, 0.1) is 11.4 Å². The fourth-order valence-corrected chi connectivity index (χ4v) is 2.32. The lowest BCUT2D eigenvalue weighted by Gasteiger charge is -2.10. The Morgan fingerprint density at radius 1 is 1.00 bits per heavy atom. The Morgan fingerprint density at radius 3 is 2.08 bits per heavy atom. The Hall–Kier alpha value is -2.97. The van der Waals surface area contributed by atoms with E-state index in [0.717, 1.165) is 6.08 Å². The van der Waals surface area contributed by atoms with Crippen LogP contribution in [0.3, 0.4) is 0 Å². The summed E-state index contributed by atoms with van der Waals surface area (Å²) < 4.78 is 24.3. The fourth-order valence-electron chi connectivity index (χ4n) is 1.90. The normalized spacial score (nSPS) is 10.8. The van der Waals surface area contributed by atoms with Crippen molar-refractivity contribution in [1.82, 2.24) is 5.32 Å². The molecule has 128 valence electrons. The van der Waals surface area contributed by atoms with Crippen LogP contribution >= 0.6 is 11.6 Å². The van der Waals surface area contributed by atoms with E-state index in [4.69, 9.17) is 16.7 Å². The number of carboxylic acids is 1. The molecule has 0 unspecified atom stereocenters. The van der Waals surface area contributed by atoms with Crippen LogP contribution in [0.25, 0.3) is 5.70 Å². The van der Waals surface area contributed by atoms with Crippen molar-refractivity contribution < 1.29 is 23.1 Å². The highest BCUT2D eigenvalue weighted by Gasteiger charge is 2.11. The molecule has 0 aliphatic heterocycles. The molecule has 0 heterocycles. The molecule has 0 aromatic heterocycles. The van der Waals surface area contributed by atoms with Crippen LogP contribution in [0.1, 0.15) is 15.9 Å². The minimum absolute atomic E-state index is 0.0867. The molecule has 2 rings (SSSR count). The van der Waals surface area contributed by atoms with E-state index in [9.17, 15) is 18.0 Å². The number of aliphatic carboxylic acids is 1. The van der Waals surface area contributed by atoms with Crippen LogP contribution in [0, 0.1) is 0 Å². The van der Waals surface area contributed by atoms with Crippen molar-refractivity contribution in [3.63, 3.8) is 0 Å². The van der Waals surface area contributed by atoms with Gasteiger partial charge in [-0.15, -0.1) is 4.36 Å². The van der Waals surface area contributed by atoms with E-state index in [-0.39, 0.29) is 16.9 Å². The van der Waals surface area contributed by atoms with Gasteiger partial charge >= 0.3 is 16.5 Å². The van der Waals surface area contributed by atoms with Crippen molar-refractivity contribution in [2.24, 2.45) is 4.36 Å². The first-order valence-corrected chi connectivity index (χ1v) is 8.19. The van der Waals surface area contributed by atoms with E-state index < -0.39 is 22.4 Å². The zero-order chi connectivity index (χ0) is 18.4. The summed E-state index contributed by atoms with van der Waals surface area (Å²) in [6.45, 7) is 0. The number of carbonyl (C=O) groups is 2. The number of nitrogens with one attached hydrogen (secondary N) is 1. The monoisotopic (exact) mass is 378 g/mol. The molecule has 2 aromatic rings. The van der Waals surface area contributed by atoms with Crippen LogP contribution in [0.2, 0.25) is 5.02 Å². The molecule has 0 fully saturated rings. The summed E-state index contributed by atoms with van der Waals surface area (Å²) in [5, 5.41) is 12.0. The molecule has 7 nitrogen and oxygen atoms in total. The van der Waals surface area contributed by atoms with Crippen LogP contribution in [0.5, 0.6) is 0 Å².